The van der Waals surface area contributed by atoms with Gasteiger partial charge in [-0.2, -0.15) is 4.98 Å². The zero-order chi connectivity index (χ0) is 13.8. The normalized spacial score (nSPS) is 14.0. The van der Waals surface area contributed by atoms with Crippen molar-refractivity contribution in [2.24, 2.45) is 5.11 Å². The van der Waals surface area contributed by atoms with E-state index < -0.39 is 12.2 Å². The summed E-state index contributed by atoms with van der Waals surface area (Å²) in [7, 11) is 0. The molecule has 8 nitrogen and oxygen atoms in total. The Kier molecular flexibility index (Phi) is 3.86. The molecule has 0 amide bonds. The second-order valence-electron chi connectivity index (χ2n) is 4.03. The van der Waals surface area contributed by atoms with Crippen LogP contribution in [0.5, 0.6) is 0 Å². The van der Waals surface area contributed by atoms with Gasteiger partial charge in [-0.25, -0.2) is 0 Å². The Labute approximate surface area is 108 Å². The molecule has 2 aromatic rings. The Hall–Kier alpha value is -2.28. The molecule has 1 aromatic heterocycles. The van der Waals surface area contributed by atoms with E-state index in [1.165, 1.54) is 0 Å². The monoisotopic (exact) mass is 263 g/mol. The highest BCUT2D eigenvalue weighted by Gasteiger charge is 2.18. The quantitative estimate of drug-likeness (QED) is 0.425. The first-order valence-corrected chi connectivity index (χ1v) is 5.65. The first-order valence-electron chi connectivity index (χ1n) is 5.65. The largest absolute Gasteiger partial charge is 0.424 e. The summed E-state index contributed by atoms with van der Waals surface area (Å²) in [5.74, 6) is 0. The van der Waals surface area contributed by atoms with E-state index in [1.807, 2.05) is 0 Å². The van der Waals surface area contributed by atoms with Gasteiger partial charge in [-0.3, -0.25) is 0 Å². The van der Waals surface area contributed by atoms with Crippen LogP contribution in [0.15, 0.2) is 27.7 Å². The molecule has 0 aliphatic carbocycles. The Morgan fingerprint density at radius 3 is 3.00 bits per heavy atom. The number of benzene rings is 1. The minimum absolute atomic E-state index is 0.0468. The van der Waals surface area contributed by atoms with Gasteiger partial charge in [-0.1, -0.05) is 11.2 Å². The first-order chi connectivity index (χ1) is 9.11. The van der Waals surface area contributed by atoms with Gasteiger partial charge in [0.15, 0.2) is 5.58 Å². The molecule has 1 heterocycles. The van der Waals surface area contributed by atoms with Crippen molar-refractivity contribution < 1.29 is 14.6 Å². The van der Waals surface area contributed by atoms with E-state index in [0.29, 0.717) is 16.7 Å². The van der Waals surface area contributed by atoms with Gasteiger partial charge in [0.25, 0.3) is 6.01 Å². The standard InChI is InChI=1S/C11H13N5O3/c12-11-15-7-5-6(1-2-9(7)19-11)10(18)8(17)3-4-14-16-13/h1-2,5,8,10,17-18H,3-4H2,(H2,12,15). The molecule has 2 atom stereocenters. The maximum Gasteiger partial charge on any atom is 0.292 e. The molecular weight excluding hydrogens is 250 g/mol. The molecule has 100 valence electrons. The maximum atomic E-state index is 9.98. The van der Waals surface area contributed by atoms with Crippen LogP contribution in [-0.2, 0) is 0 Å². The van der Waals surface area contributed by atoms with Gasteiger partial charge in [-0.05, 0) is 29.6 Å². The van der Waals surface area contributed by atoms with Crippen LogP contribution in [0.1, 0.15) is 18.1 Å². The van der Waals surface area contributed by atoms with Crippen molar-refractivity contribution in [3.8, 4) is 0 Å². The van der Waals surface area contributed by atoms with E-state index >= 15 is 0 Å². The van der Waals surface area contributed by atoms with Crippen molar-refractivity contribution >= 4 is 17.1 Å². The van der Waals surface area contributed by atoms with Crippen LogP contribution in [0, 0.1) is 0 Å². The lowest BCUT2D eigenvalue weighted by molar-refractivity contribution is 0.0151. The van der Waals surface area contributed by atoms with Crippen molar-refractivity contribution in [2.45, 2.75) is 18.6 Å². The summed E-state index contributed by atoms with van der Waals surface area (Å²) in [5, 5.41) is 23.1. The maximum absolute atomic E-state index is 9.98. The molecule has 0 aliphatic rings. The summed E-state index contributed by atoms with van der Waals surface area (Å²) in [4.78, 5) is 6.52. The number of nitrogens with two attached hydrogens (primary N) is 1. The van der Waals surface area contributed by atoms with Crippen molar-refractivity contribution in [2.75, 3.05) is 12.3 Å². The second kappa shape index (κ2) is 5.57. The first kappa shape index (κ1) is 13.2. The molecular formula is C11H13N5O3. The summed E-state index contributed by atoms with van der Waals surface area (Å²) in [5.41, 5.74) is 15.1. The molecule has 4 N–H and O–H groups in total. The summed E-state index contributed by atoms with van der Waals surface area (Å²) < 4.78 is 5.11. The zero-order valence-electron chi connectivity index (χ0n) is 9.97. The number of aliphatic hydroxyl groups is 2. The molecule has 1 aromatic carbocycles. The lowest BCUT2D eigenvalue weighted by Gasteiger charge is -2.17. The lowest BCUT2D eigenvalue weighted by Crippen LogP contribution is -2.19. The highest BCUT2D eigenvalue weighted by atomic mass is 16.4. The van der Waals surface area contributed by atoms with Gasteiger partial charge in [0.2, 0.25) is 0 Å². The average Bonchev–Trinajstić information content (AvgIpc) is 2.77. The molecule has 0 spiro atoms. The number of fused-ring (bicyclic) bond motifs is 1. The Bertz CT molecular complexity index is 620. The Morgan fingerprint density at radius 2 is 2.26 bits per heavy atom. The molecule has 0 saturated heterocycles. The number of aromatic nitrogens is 1. The van der Waals surface area contributed by atoms with Crippen molar-refractivity contribution in [1.82, 2.24) is 4.98 Å². The number of nitrogens with zero attached hydrogens (tertiary/aromatic N) is 4. The van der Waals surface area contributed by atoms with E-state index in [9.17, 15) is 10.2 Å². The third kappa shape index (κ3) is 2.94. The van der Waals surface area contributed by atoms with E-state index in [4.69, 9.17) is 15.7 Å². The van der Waals surface area contributed by atoms with Gasteiger partial charge in [-0.15, -0.1) is 0 Å². The number of rotatable bonds is 5. The van der Waals surface area contributed by atoms with Crippen molar-refractivity contribution in [3.63, 3.8) is 0 Å². The molecule has 0 aliphatic heterocycles. The predicted molar refractivity (Wildman–Crippen MR) is 68.0 cm³/mol. The second-order valence-corrected chi connectivity index (χ2v) is 4.03. The van der Waals surface area contributed by atoms with Crippen LogP contribution in [0.2, 0.25) is 0 Å². The number of hydrogen-bond acceptors (Lipinski definition) is 6. The minimum atomic E-state index is -1.09. The molecule has 8 heteroatoms. The fraction of sp³-hybridized carbons (Fsp3) is 0.364. The van der Waals surface area contributed by atoms with Crippen LogP contribution >= 0.6 is 0 Å². The van der Waals surface area contributed by atoms with E-state index in [2.05, 4.69) is 15.0 Å². The van der Waals surface area contributed by atoms with Crippen LogP contribution < -0.4 is 5.73 Å². The van der Waals surface area contributed by atoms with Gasteiger partial charge in [0, 0.05) is 11.5 Å². The van der Waals surface area contributed by atoms with E-state index in [1.54, 1.807) is 18.2 Å². The summed E-state index contributed by atoms with van der Waals surface area (Å²) in [6, 6.07) is 4.88. The summed E-state index contributed by atoms with van der Waals surface area (Å²) in [6.07, 6.45) is -1.94. The van der Waals surface area contributed by atoms with Crippen LogP contribution in [0.25, 0.3) is 21.5 Å². The van der Waals surface area contributed by atoms with Gasteiger partial charge < -0.3 is 20.4 Å². The number of aliphatic hydroxyl groups excluding tert-OH is 2. The SMILES string of the molecule is [N-]=[N+]=NCCC(O)C(O)c1ccc2oc(N)nc2c1. The van der Waals surface area contributed by atoms with Crippen molar-refractivity contribution in [3.05, 3.63) is 34.2 Å². The Balaban J connectivity index is 2.15. The molecule has 0 radical (unpaired) electrons. The number of azide groups is 1. The third-order valence-electron chi connectivity index (χ3n) is 2.72. The summed E-state index contributed by atoms with van der Waals surface area (Å²) >= 11 is 0. The number of hydrogen-bond donors (Lipinski definition) is 3. The van der Waals surface area contributed by atoms with Gasteiger partial charge >= 0.3 is 0 Å². The average molecular weight is 263 g/mol. The molecule has 0 fully saturated rings. The minimum Gasteiger partial charge on any atom is -0.424 e. The van der Waals surface area contributed by atoms with Crippen LogP contribution in [-0.4, -0.2) is 27.8 Å². The lowest BCUT2D eigenvalue weighted by atomic mass is 10.0. The zero-order valence-corrected chi connectivity index (χ0v) is 9.97. The smallest absolute Gasteiger partial charge is 0.292 e. The van der Waals surface area contributed by atoms with Gasteiger partial charge in [0.05, 0.1) is 6.10 Å². The predicted octanol–water partition coefficient (Wildman–Crippen LogP) is 1.50. The molecule has 2 unspecified atom stereocenters. The van der Waals surface area contributed by atoms with Crippen LogP contribution in [0.4, 0.5) is 6.01 Å². The topological polar surface area (TPSA) is 141 Å². The molecule has 0 bridgehead atoms. The molecule has 19 heavy (non-hydrogen) atoms. The van der Waals surface area contributed by atoms with Crippen LogP contribution in [0.3, 0.4) is 0 Å². The number of oxazole rings is 1. The molecule has 0 saturated carbocycles. The summed E-state index contributed by atoms with van der Waals surface area (Å²) in [6.45, 7) is 0.119. The highest BCUT2D eigenvalue weighted by molar-refractivity contribution is 5.75. The third-order valence-corrected chi connectivity index (χ3v) is 2.72. The van der Waals surface area contributed by atoms with Gasteiger partial charge in [0.1, 0.15) is 11.6 Å². The van der Waals surface area contributed by atoms with E-state index in [-0.39, 0.29) is 19.0 Å². The number of nitrogen functional groups attached to an aromatic ring is 1. The van der Waals surface area contributed by atoms with E-state index in [0.717, 1.165) is 0 Å². The Morgan fingerprint density at radius 1 is 1.47 bits per heavy atom. The highest BCUT2D eigenvalue weighted by Crippen LogP contribution is 2.24. The molecule has 2 rings (SSSR count). The fourth-order valence-corrected chi connectivity index (χ4v) is 1.76. The van der Waals surface area contributed by atoms with Crippen molar-refractivity contribution in [1.29, 1.82) is 0 Å². The fourth-order valence-electron chi connectivity index (χ4n) is 1.76. The number of anilines is 1.